The van der Waals surface area contributed by atoms with Gasteiger partial charge in [0.05, 0.1) is 4.88 Å². The van der Waals surface area contributed by atoms with E-state index in [-0.39, 0.29) is 0 Å². The molecule has 3 aromatic heterocycles. The summed E-state index contributed by atoms with van der Waals surface area (Å²) >= 11 is 1.63. The molecule has 0 fully saturated rings. The summed E-state index contributed by atoms with van der Waals surface area (Å²) in [4.78, 5) is 15.2. The van der Waals surface area contributed by atoms with Gasteiger partial charge >= 0.3 is 0 Å². The second kappa shape index (κ2) is 7.25. The number of rotatable bonds is 5. The van der Waals surface area contributed by atoms with Crippen molar-refractivity contribution in [2.24, 2.45) is 0 Å². The van der Waals surface area contributed by atoms with Crippen molar-refractivity contribution in [2.75, 3.05) is 5.32 Å². The molecule has 6 heteroatoms. The number of nitrogens with one attached hydrogen (secondary N) is 1. The third-order valence-electron chi connectivity index (χ3n) is 4.47. The van der Waals surface area contributed by atoms with Gasteiger partial charge in [0.1, 0.15) is 6.33 Å². The smallest absolute Gasteiger partial charge is 0.174 e. The summed E-state index contributed by atoms with van der Waals surface area (Å²) in [5.74, 6) is 1.45. The van der Waals surface area contributed by atoms with Gasteiger partial charge in [-0.05, 0) is 29.1 Å². The van der Waals surface area contributed by atoms with Crippen LogP contribution in [0.25, 0.3) is 27.6 Å². The second-order valence-corrected chi connectivity index (χ2v) is 7.28. The predicted octanol–water partition coefficient (Wildman–Crippen LogP) is 5.16. The van der Waals surface area contributed by atoms with Crippen molar-refractivity contribution in [3.8, 4) is 16.4 Å². The molecule has 0 bridgehead atoms. The van der Waals surface area contributed by atoms with Gasteiger partial charge in [0.25, 0.3) is 0 Å². The highest BCUT2D eigenvalue weighted by Crippen LogP contribution is 2.28. The Labute approximate surface area is 166 Å². The Morgan fingerprint density at radius 3 is 2.39 bits per heavy atom. The SMILES string of the molecule is c1ccc(CNc2nc(-c3cccs3)nc3c2ncn3-c2ccccc2)cc1. The summed E-state index contributed by atoms with van der Waals surface area (Å²) in [5.41, 5.74) is 3.77. The van der Waals surface area contributed by atoms with Gasteiger partial charge < -0.3 is 5.32 Å². The van der Waals surface area contributed by atoms with Gasteiger partial charge in [-0.1, -0.05) is 54.6 Å². The Bertz CT molecular complexity index is 1200. The number of hydrogen-bond donors (Lipinski definition) is 1. The van der Waals surface area contributed by atoms with Crippen LogP contribution in [-0.4, -0.2) is 19.5 Å². The van der Waals surface area contributed by atoms with Crippen LogP contribution in [0.3, 0.4) is 0 Å². The molecule has 3 heterocycles. The molecule has 5 nitrogen and oxygen atoms in total. The molecule has 0 spiro atoms. The zero-order valence-corrected chi connectivity index (χ0v) is 15.8. The Hall–Kier alpha value is -3.51. The third-order valence-corrected chi connectivity index (χ3v) is 5.34. The zero-order valence-electron chi connectivity index (χ0n) is 15.0. The molecule has 0 aliphatic rings. The number of thiophene rings is 1. The number of nitrogens with zero attached hydrogens (tertiary/aromatic N) is 4. The number of imidazole rings is 1. The first-order valence-corrected chi connectivity index (χ1v) is 9.88. The lowest BCUT2D eigenvalue weighted by Crippen LogP contribution is -2.05. The number of fused-ring (bicyclic) bond motifs is 1. The van der Waals surface area contributed by atoms with Crippen molar-refractivity contribution in [1.29, 1.82) is 0 Å². The molecule has 0 saturated carbocycles. The number of hydrogen-bond acceptors (Lipinski definition) is 5. The lowest BCUT2D eigenvalue weighted by atomic mass is 10.2. The van der Waals surface area contributed by atoms with E-state index >= 15 is 0 Å². The Morgan fingerprint density at radius 2 is 1.64 bits per heavy atom. The monoisotopic (exact) mass is 383 g/mol. The van der Waals surface area contributed by atoms with Crippen LogP contribution in [0.5, 0.6) is 0 Å². The van der Waals surface area contributed by atoms with Crippen molar-refractivity contribution in [1.82, 2.24) is 19.5 Å². The predicted molar refractivity (Wildman–Crippen MR) is 114 cm³/mol. The first kappa shape index (κ1) is 16.6. The molecule has 0 radical (unpaired) electrons. The molecular weight excluding hydrogens is 366 g/mol. The number of para-hydroxylation sites is 1. The summed E-state index contributed by atoms with van der Waals surface area (Å²) in [5, 5.41) is 5.48. The van der Waals surface area contributed by atoms with E-state index in [4.69, 9.17) is 9.97 Å². The van der Waals surface area contributed by atoms with E-state index in [1.807, 2.05) is 70.6 Å². The van der Waals surface area contributed by atoms with Crippen LogP contribution >= 0.6 is 11.3 Å². The fourth-order valence-corrected chi connectivity index (χ4v) is 3.76. The molecule has 136 valence electrons. The molecule has 5 aromatic rings. The van der Waals surface area contributed by atoms with Crippen molar-refractivity contribution in [3.05, 3.63) is 90.1 Å². The number of aromatic nitrogens is 4. The van der Waals surface area contributed by atoms with Crippen molar-refractivity contribution in [2.45, 2.75) is 6.54 Å². The molecule has 0 atom stereocenters. The van der Waals surface area contributed by atoms with Gasteiger partial charge in [0.2, 0.25) is 0 Å². The molecule has 28 heavy (non-hydrogen) atoms. The fraction of sp³-hybridized carbons (Fsp3) is 0.0455. The molecule has 0 aliphatic carbocycles. The van der Waals surface area contributed by atoms with E-state index in [1.54, 1.807) is 17.7 Å². The van der Waals surface area contributed by atoms with Crippen LogP contribution < -0.4 is 5.32 Å². The maximum absolute atomic E-state index is 4.83. The molecule has 1 N–H and O–H groups in total. The van der Waals surface area contributed by atoms with Crippen LogP contribution in [0.4, 0.5) is 5.82 Å². The lowest BCUT2D eigenvalue weighted by molar-refractivity contribution is 1.06. The van der Waals surface area contributed by atoms with Gasteiger partial charge in [-0.15, -0.1) is 11.3 Å². The van der Waals surface area contributed by atoms with Crippen LogP contribution in [0.15, 0.2) is 84.5 Å². The highest BCUT2D eigenvalue weighted by atomic mass is 32.1. The van der Waals surface area contributed by atoms with E-state index in [1.165, 1.54) is 5.56 Å². The minimum absolute atomic E-state index is 0.676. The molecule has 0 unspecified atom stereocenters. The first-order chi connectivity index (χ1) is 13.9. The highest BCUT2D eigenvalue weighted by Gasteiger charge is 2.15. The van der Waals surface area contributed by atoms with Gasteiger partial charge in [0, 0.05) is 12.2 Å². The topological polar surface area (TPSA) is 55.6 Å². The first-order valence-electron chi connectivity index (χ1n) is 9.01. The number of benzene rings is 2. The second-order valence-electron chi connectivity index (χ2n) is 6.33. The van der Waals surface area contributed by atoms with E-state index in [2.05, 4.69) is 22.4 Å². The lowest BCUT2D eigenvalue weighted by Gasteiger charge is -2.09. The standard InChI is InChI=1S/C22H17N5S/c1-3-8-16(9-4-1)14-23-21-19-22(26-20(25-21)18-12-7-13-28-18)27(15-24-19)17-10-5-2-6-11-17/h1-13,15H,14H2,(H,23,25,26). The van der Waals surface area contributed by atoms with Crippen LogP contribution in [-0.2, 0) is 6.54 Å². The van der Waals surface area contributed by atoms with Crippen LogP contribution in [0.2, 0.25) is 0 Å². The summed E-state index contributed by atoms with van der Waals surface area (Å²) in [6.45, 7) is 0.676. The third kappa shape index (κ3) is 3.14. The Morgan fingerprint density at radius 1 is 0.857 bits per heavy atom. The van der Waals surface area contributed by atoms with Gasteiger partial charge in [-0.2, -0.15) is 0 Å². The summed E-state index contributed by atoms with van der Waals surface area (Å²) in [6, 6.07) is 24.4. The summed E-state index contributed by atoms with van der Waals surface area (Å²) in [7, 11) is 0. The molecule has 5 rings (SSSR count). The fourth-order valence-electron chi connectivity index (χ4n) is 3.10. The van der Waals surface area contributed by atoms with Crippen LogP contribution in [0.1, 0.15) is 5.56 Å². The van der Waals surface area contributed by atoms with Crippen LogP contribution in [0, 0.1) is 0 Å². The maximum atomic E-state index is 4.83. The normalized spacial score (nSPS) is 11.0. The summed E-state index contributed by atoms with van der Waals surface area (Å²) in [6.07, 6.45) is 1.81. The summed E-state index contributed by atoms with van der Waals surface area (Å²) < 4.78 is 2.00. The van der Waals surface area contributed by atoms with E-state index in [0.717, 1.165) is 27.5 Å². The average Bonchev–Trinajstić information content (AvgIpc) is 3.43. The van der Waals surface area contributed by atoms with E-state index in [0.29, 0.717) is 12.4 Å². The zero-order chi connectivity index (χ0) is 18.8. The highest BCUT2D eigenvalue weighted by molar-refractivity contribution is 7.13. The molecule has 0 amide bonds. The Kier molecular flexibility index (Phi) is 4.31. The molecule has 2 aromatic carbocycles. The quantitative estimate of drug-likeness (QED) is 0.456. The minimum atomic E-state index is 0.676. The molecule has 0 aliphatic heterocycles. The molecular formula is C22H17N5S. The van der Waals surface area contributed by atoms with Crippen molar-refractivity contribution >= 4 is 28.3 Å². The van der Waals surface area contributed by atoms with E-state index < -0.39 is 0 Å². The average molecular weight is 383 g/mol. The minimum Gasteiger partial charge on any atom is -0.364 e. The van der Waals surface area contributed by atoms with Crippen molar-refractivity contribution in [3.63, 3.8) is 0 Å². The largest absolute Gasteiger partial charge is 0.364 e. The van der Waals surface area contributed by atoms with Gasteiger partial charge in [-0.3, -0.25) is 4.57 Å². The number of anilines is 1. The van der Waals surface area contributed by atoms with E-state index in [9.17, 15) is 0 Å². The molecule has 0 saturated heterocycles. The van der Waals surface area contributed by atoms with Gasteiger partial charge in [-0.25, -0.2) is 15.0 Å². The van der Waals surface area contributed by atoms with Gasteiger partial charge in [0.15, 0.2) is 22.8 Å². The maximum Gasteiger partial charge on any atom is 0.174 e. The Balaban J connectivity index is 1.62. The van der Waals surface area contributed by atoms with Crippen molar-refractivity contribution < 1.29 is 0 Å².